The quantitative estimate of drug-likeness (QED) is 0.620. The number of hydrogen-bond donors (Lipinski definition) is 1. The molecule has 4 heteroatoms. The molecular formula is C6H9NO2S. The number of aliphatic imine (C=N–C) groups is 1. The van der Waals surface area contributed by atoms with Gasteiger partial charge < -0.3 is 5.11 Å². The second-order valence-corrected chi connectivity index (χ2v) is 4.22. The molecule has 0 saturated carbocycles. The normalized spacial score (nSPS) is 28.8. The first-order valence-electron chi connectivity index (χ1n) is 2.96. The number of hydrogen-bond acceptors (Lipinski definition) is 3. The van der Waals surface area contributed by atoms with Crippen LogP contribution in [0, 0.1) is 0 Å². The fraction of sp³-hybridized carbons (Fsp3) is 0.667. The molecule has 1 N–H and O–H groups in total. The molecule has 0 aromatic rings. The van der Waals surface area contributed by atoms with E-state index >= 15 is 0 Å². The van der Waals surface area contributed by atoms with Crippen LogP contribution in [0.1, 0.15) is 13.8 Å². The Balaban J connectivity index is 2.77. The zero-order chi connectivity index (χ0) is 7.78. The standard InChI is InChI=1S/C6H9NO2S/c1-6(2)4(5(8)9)7-3-10-6/h3-4H,1-2H3,(H,8,9)/t4-/m1/s1. The van der Waals surface area contributed by atoms with Crippen LogP contribution in [0.25, 0.3) is 0 Å². The van der Waals surface area contributed by atoms with Crippen LogP contribution >= 0.6 is 11.8 Å². The van der Waals surface area contributed by atoms with Crippen molar-refractivity contribution in [2.45, 2.75) is 24.6 Å². The molecular weight excluding hydrogens is 150 g/mol. The van der Waals surface area contributed by atoms with Crippen LogP contribution in [0.3, 0.4) is 0 Å². The highest BCUT2D eigenvalue weighted by molar-refractivity contribution is 8.13. The van der Waals surface area contributed by atoms with Crippen LogP contribution in [-0.4, -0.2) is 27.4 Å². The van der Waals surface area contributed by atoms with Gasteiger partial charge in [-0.25, -0.2) is 4.79 Å². The van der Waals surface area contributed by atoms with E-state index in [9.17, 15) is 4.79 Å². The summed E-state index contributed by atoms with van der Waals surface area (Å²) >= 11 is 1.46. The summed E-state index contributed by atoms with van der Waals surface area (Å²) < 4.78 is -0.272. The van der Waals surface area contributed by atoms with Crippen LogP contribution in [0.15, 0.2) is 4.99 Å². The number of rotatable bonds is 1. The maximum Gasteiger partial charge on any atom is 0.329 e. The van der Waals surface area contributed by atoms with Gasteiger partial charge in [0.2, 0.25) is 0 Å². The highest BCUT2D eigenvalue weighted by atomic mass is 32.2. The number of carboxylic acids is 1. The fourth-order valence-corrected chi connectivity index (χ4v) is 1.58. The lowest BCUT2D eigenvalue weighted by Crippen LogP contribution is -2.34. The van der Waals surface area contributed by atoms with Crippen LogP contribution in [0.4, 0.5) is 0 Å². The molecule has 0 spiro atoms. The molecule has 1 aliphatic rings. The molecule has 3 nitrogen and oxygen atoms in total. The van der Waals surface area contributed by atoms with Crippen molar-refractivity contribution in [3.05, 3.63) is 0 Å². The lowest BCUT2D eigenvalue weighted by atomic mass is 10.1. The summed E-state index contributed by atoms with van der Waals surface area (Å²) in [6.45, 7) is 3.76. The Kier molecular flexibility index (Phi) is 1.72. The number of carbonyl (C=O) groups is 1. The minimum absolute atomic E-state index is 0.272. The van der Waals surface area contributed by atoms with Crippen molar-refractivity contribution in [2.75, 3.05) is 0 Å². The SMILES string of the molecule is CC1(C)SC=N[C@@H]1C(=O)O. The van der Waals surface area contributed by atoms with Gasteiger partial charge in [-0.1, -0.05) is 0 Å². The third-order valence-corrected chi connectivity index (χ3v) is 2.52. The van der Waals surface area contributed by atoms with Crippen molar-refractivity contribution in [1.82, 2.24) is 0 Å². The van der Waals surface area contributed by atoms with E-state index in [1.165, 1.54) is 11.8 Å². The molecule has 0 aromatic carbocycles. The molecule has 0 amide bonds. The first kappa shape index (κ1) is 7.60. The minimum Gasteiger partial charge on any atom is -0.480 e. The monoisotopic (exact) mass is 159 g/mol. The maximum absolute atomic E-state index is 10.5. The molecule has 1 aliphatic heterocycles. The van der Waals surface area contributed by atoms with Gasteiger partial charge in [0, 0.05) is 4.75 Å². The topological polar surface area (TPSA) is 49.7 Å². The van der Waals surface area contributed by atoms with E-state index in [2.05, 4.69) is 4.99 Å². The van der Waals surface area contributed by atoms with Crippen molar-refractivity contribution in [3.8, 4) is 0 Å². The number of thioether (sulfide) groups is 1. The molecule has 0 radical (unpaired) electrons. The molecule has 10 heavy (non-hydrogen) atoms. The van der Waals surface area contributed by atoms with Gasteiger partial charge in [-0.3, -0.25) is 4.99 Å². The smallest absolute Gasteiger partial charge is 0.329 e. The van der Waals surface area contributed by atoms with Gasteiger partial charge in [0.1, 0.15) is 0 Å². The van der Waals surface area contributed by atoms with E-state index in [4.69, 9.17) is 5.11 Å². The van der Waals surface area contributed by atoms with Gasteiger partial charge >= 0.3 is 5.97 Å². The van der Waals surface area contributed by atoms with Gasteiger partial charge in [0.15, 0.2) is 6.04 Å². The maximum atomic E-state index is 10.5. The molecule has 1 rings (SSSR count). The highest BCUT2D eigenvalue weighted by Crippen LogP contribution is 2.33. The van der Waals surface area contributed by atoms with Gasteiger partial charge in [-0.05, 0) is 13.8 Å². The van der Waals surface area contributed by atoms with Crippen LogP contribution in [0.5, 0.6) is 0 Å². The van der Waals surface area contributed by atoms with Crippen LogP contribution in [0.2, 0.25) is 0 Å². The van der Waals surface area contributed by atoms with Gasteiger partial charge in [-0.15, -0.1) is 11.8 Å². The molecule has 1 heterocycles. The first-order valence-corrected chi connectivity index (χ1v) is 3.84. The van der Waals surface area contributed by atoms with E-state index in [1.807, 2.05) is 13.8 Å². The van der Waals surface area contributed by atoms with Crippen molar-refractivity contribution < 1.29 is 9.90 Å². The Morgan fingerprint density at radius 2 is 2.40 bits per heavy atom. The summed E-state index contributed by atoms with van der Waals surface area (Å²) in [6, 6.07) is -0.572. The molecule has 0 aromatic heterocycles. The average Bonchev–Trinajstić information content (AvgIpc) is 2.08. The number of nitrogens with zero attached hydrogens (tertiary/aromatic N) is 1. The van der Waals surface area contributed by atoms with Crippen molar-refractivity contribution >= 4 is 23.3 Å². The Labute approximate surface area is 63.5 Å². The van der Waals surface area contributed by atoms with Crippen LogP contribution < -0.4 is 0 Å². The highest BCUT2D eigenvalue weighted by Gasteiger charge is 2.38. The van der Waals surface area contributed by atoms with Crippen molar-refractivity contribution in [1.29, 1.82) is 0 Å². The lowest BCUT2D eigenvalue weighted by molar-refractivity contribution is -0.138. The summed E-state index contributed by atoms with van der Waals surface area (Å²) in [5.74, 6) is -0.841. The zero-order valence-electron chi connectivity index (χ0n) is 5.87. The third-order valence-electron chi connectivity index (χ3n) is 1.46. The summed E-state index contributed by atoms with van der Waals surface area (Å²) in [7, 11) is 0. The summed E-state index contributed by atoms with van der Waals surface area (Å²) in [6.07, 6.45) is 0. The van der Waals surface area contributed by atoms with E-state index in [0.29, 0.717) is 0 Å². The van der Waals surface area contributed by atoms with Crippen LogP contribution in [-0.2, 0) is 4.79 Å². The summed E-state index contributed by atoms with van der Waals surface area (Å²) in [5.41, 5.74) is 1.61. The largest absolute Gasteiger partial charge is 0.480 e. The van der Waals surface area contributed by atoms with Gasteiger partial charge in [-0.2, -0.15) is 0 Å². The predicted molar refractivity (Wildman–Crippen MR) is 41.6 cm³/mol. The Morgan fingerprint density at radius 3 is 2.60 bits per heavy atom. The second-order valence-electron chi connectivity index (χ2n) is 2.72. The summed E-state index contributed by atoms with van der Waals surface area (Å²) in [4.78, 5) is 14.3. The molecule has 0 saturated heterocycles. The van der Waals surface area contributed by atoms with E-state index in [1.54, 1.807) is 5.55 Å². The minimum atomic E-state index is -0.841. The van der Waals surface area contributed by atoms with Gasteiger partial charge in [0.05, 0.1) is 5.55 Å². The number of carboxylic acid groups (broad SMARTS) is 1. The average molecular weight is 159 g/mol. The van der Waals surface area contributed by atoms with Gasteiger partial charge in [0.25, 0.3) is 0 Å². The van der Waals surface area contributed by atoms with E-state index in [-0.39, 0.29) is 4.75 Å². The molecule has 56 valence electrons. The Morgan fingerprint density at radius 1 is 1.80 bits per heavy atom. The predicted octanol–water partition coefficient (Wildman–Crippen LogP) is 0.993. The third kappa shape index (κ3) is 1.16. The Hall–Kier alpha value is -0.510. The zero-order valence-corrected chi connectivity index (χ0v) is 6.68. The van der Waals surface area contributed by atoms with E-state index in [0.717, 1.165) is 0 Å². The Bertz CT molecular complexity index is 188. The summed E-state index contributed by atoms with van der Waals surface area (Å²) in [5, 5.41) is 8.62. The molecule has 0 aliphatic carbocycles. The first-order chi connectivity index (χ1) is 4.54. The molecule has 0 bridgehead atoms. The van der Waals surface area contributed by atoms with Crippen molar-refractivity contribution in [3.63, 3.8) is 0 Å². The molecule has 0 fully saturated rings. The van der Waals surface area contributed by atoms with Crippen molar-refractivity contribution in [2.24, 2.45) is 4.99 Å². The second kappa shape index (κ2) is 2.27. The molecule has 0 unspecified atom stereocenters. The lowest BCUT2D eigenvalue weighted by Gasteiger charge is -2.19. The fourth-order valence-electron chi connectivity index (χ4n) is 0.832. The number of aliphatic carboxylic acids is 1. The van der Waals surface area contributed by atoms with E-state index < -0.39 is 12.0 Å². The molecule has 1 atom stereocenters.